The van der Waals surface area contributed by atoms with Gasteiger partial charge in [0.25, 0.3) is 0 Å². The number of benzene rings is 1. The summed E-state index contributed by atoms with van der Waals surface area (Å²) in [5.74, 6) is -0.844. The van der Waals surface area contributed by atoms with Gasteiger partial charge in [-0.15, -0.1) is 0 Å². The topological polar surface area (TPSA) is 70.1 Å². The van der Waals surface area contributed by atoms with Crippen molar-refractivity contribution in [2.75, 3.05) is 26.2 Å². The van der Waals surface area contributed by atoms with Crippen LogP contribution in [0.3, 0.4) is 0 Å². The van der Waals surface area contributed by atoms with Crippen LogP contribution in [0.4, 0.5) is 4.79 Å². The van der Waals surface area contributed by atoms with E-state index in [1.165, 1.54) is 0 Å². The third-order valence-electron chi connectivity index (χ3n) is 4.09. The van der Waals surface area contributed by atoms with Crippen LogP contribution in [0.15, 0.2) is 30.3 Å². The van der Waals surface area contributed by atoms with Gasteiger partial charge < -0.3 is 14.7 Å². The van der Waals surface area contributed by atoms with Crippen LogP contribution in [-0.2, 0) is 16.1 Å². The van der Waals surface area contributed by atoms with Crippen molar-refractivity contribution in [2.45, 2.75) is 32.4 Å². The first kappa shape index (κ1) is 17.3. The number of ether oxygens (including phenoxy) is 1. The van der Waals surface area contributed by atoms with Crippen molar-refractivity contribution >= 4 is 12.1 Å². The van der Waals surface area contributed by atoms with Crippen LogP contribution in [0.5, 0.6) is 0 Å². The highest BCUT2D eigenvalue weighted by Gasteiger charge is 2.31. The summed E-state index contributed by atoms with van der Waals surface area (Å²) in [4.78, 5) is 26.7. The normalized spacial score (nSPS) is 17.5. The predicted octanol–water partition coefficient (Wildman–Crippen LogP) is 2.19. The number of rotatable bonds is 7. The minimum absolute atomic E-state index is 0.0000963. The van der Waals surface area contributed by atoms with Crippen LogP contribution < -0.4 is 0 Å². The largest absolute Gasteiger partial charge is 0.480 e. The molecule has 126 valence electrons. The first-order chi connectivity index (χ1) is 11.1. The fraction of sp³-hybridized carbons (Fsp3) is 0.529. The van der Waals surface area contributed by atoms with Crippen LogP contribution in [-0.4, -0.2) is 59.2 Å². The van der Waals surface area contributed by atoms with Crippen LogP contribution in [0.25, 0.3) is 0 Å². The molecule has 6 nitrogen and oxygen atoms in total. The Labute approximate surface area is 136 Å². The van der Waals surface area contributed by atoms with Gasteiger partial charge >= 0.3 is 12.1 Å². The first-order valence-electron chi connectivity index (χ1n) is 8.01. The summed E-state index contributed by atoms with van der Waals surface area (Å²) in [7, 11) is 0. The van der Waals surface area contributed by atoms with Crippen LogP contribution >= 0.6 is 0 Å². The van der Waals surface area contributed by atoms with Gasteiger partial charge in [-0.3, -0.25) is 9.69 Å². The third kappa shape index (κ3) is 5.25. The second-order valence-electron chi connectivity index (χ2n) is 5.75. The Bertz CT molecular complexity index is 521. The monoisotopic (exact) mass is 320 g/mol. The minimum Gasteiger partial charge on any atom is -0.480 e. The van der Waals surface area contributed by atoms with Crippen molar-refractivity contribution in [1.29, 1.82) is 0 Å². The molecule has 1 heterocycles. The molecule has 23 heavy (non-hydrogen) atoms. The number of carboxylic acids is 1. The zero-order valence-electron chi connectivity index (χ0n) is 13.5. The molecule has 0 aliphatic carbocycles. The van der Waals surface area contributed by atoms with E-state index in [9.17, 15) is 9.59 Å². The van der Waals surface area contributed by atoms with E-state index in [0.29, 0.717) is 19.6 Å². The summed E-state index contributed by atoms with van der Waals surface area (Å²) < 4.78 is 5.39. The van der Waals surface area contributed by atoms with Gasteiger partial charge in [-0.2, -0.15) is 0 Å². The van der Waals surface area contributed by atoms with Crippen molar-refractivity contribution in [1.82, 2.24) is 9.80 Å². The smallest absolute Gasteiger partial charge is 0.410 e. The first-order valence-corrected chi connectivity index (χ1v) is 8.01. The molecule has 1 aromatic carbocycles. The number of hydrogen-bond donors (Lipinski definition) is 1. The molecule has 1 aromatic rings. The number of aliphatic carboxylic acids is 1. The molecule has 1 fully saturated rings. The second-order valence-corrected chi connectivity index (χ2v) is 5.75. The number of carbonyl (C=O) groups excluding carboxylic acids is 1. The Morgan fingerprint density at radius 2 is 2.09 bits per heavy atom. The Morgan fingerprint density at radius 1 is 1.35 bits per heavy atom. The van der Waals surface area contributed by atoms with Gasteiger partial charge in [-0.25, -0.2) is 4.79 Å². The van der Waals surface area contributed by atoms with Crippen molar-refractivity contribution in [3.63, 3.8) is 0 Å². The van der Waals surface area contributed by atoms with Gasteiger partial charge in [-0.05, 0) is 24.9 Å². The van der Waals surface area contributed by atoms with Gasteiger partial charge in [0.2, 0.25) is 0 Å². The van der Waals surface area contributed by atoms with Gasteiger partial charge in [0.1, 0.15) is 6.61 Å². The Morgan fingerprint density at radius 3 is 2.74 bits per heavy atom. The number of carbonyl (C=O) groups is 2. The zero-order chi connectivity index (χ0) is 16.7. The van der Waals surface area contributed by atoms with Gasteiger partial charge in [-0.1, -0.05) is 37.3 Å². The van der Waals surface area contributed by atoms with Crippen LogP contribution in [0, 0.1) is 0 Å². The van der Waals surface area contributed by atoms with E-state index in [0.717, 1.165) is 18.4 Å². The Kier molecular flexibility index (Phi) is 6.40. The van der Waals surface area contributed by atoms with Gasteiger partial charge in [0.05, 0.1) is 6.54 Å². The quantitative estimate of drug-likeness (QED) is 0.834. The summed E-state index contributed by atoms with van der Waals surface area (Å²) in [5.41, 5.74) is 0.956. The van der Waals surface area contributed by atoms with Crippen molar-refractivity contribution in [2.24, 2.45) is 0 Å². The van der Waals surface area contributed by atoms with E-state index in [1.54, 1.807) is 4.90 Å². The molecule has 1 amide bonds. The maximum Gasteiger partial charge on any atom is 0.410 e. The zero-order valence-corrected chi connectivity index (χ0v) is 13.5. The van der Waals surface area contributed by atoms with Crippen molar-refractivity contribution in [3.8, 4) is 0 Å². The maximum atomic E-state index is 12.3. The predicted molar refractivity (Wildman–Crippen MR) is 86.1 cm³/mol. The molecule has 1 atom stereocenters. The molecule has 0 spiro atoms. The SMILES string of the molecule is CCN(CC(=O)O)CC1CCCN1C(=O)OCc1ccccc1. The van der Waals surface area contributed by atoms with E-state index in [2.05, 4.69) is 0 Å². The number of hydrogen-bond acceptors (Lipinski definition) is 4. The van der Waals surface area contributed by atoms with Gasteiger partial charge in [0.15, 0.2) is 0 Å². The lowest BCUT2D eigenvalue weighted by atomic mass is 10.2. The molecule has 2 rings (SSSR count). The summed E-state index contributed by atoms with van der Waals surface area (Å²) in [6.45, 7) is 4.08. The maximum absolute atomic E-state index is 12.3. The number of likely N-dealkylation sites (tertiary alicyclic amines) is 1. The fourth-order valence-corrected chi connectivity index (χ4v) is 2.86. The lowest BCUT2D eigenvalue weighted by Gasteiger charge is -2.28. The molecule has 0 saturated carbocycles. The Hall–Kier alpha value is -2.08. The summed E-state index contributed by atoms with van der Waals surface area (Å²) in [6.07, 6.45) is 1.49. The standard InChI is InChI=1S/C17H24N2O4/c1-2-18(12-16(20)21)11-15-9-6-10-19(15)17(22)23-13-14-7-4-3-5-8-14/h3-5,7-8,15H,2,6,9-13H2,1H3,(H,20,21). The molecule has 1 N–H and O–H groups in total. The molecule has 1 unspecified atom stereocenters. The highest BCUT2D eigenvalue weighted by Crippen LogP contribution is 2.20. The van der Waals surface area contributed by atoms with Crippen molar-refractivity contribution < 1.29 is 19.4 Å². The average molecular weight is 320 g/mol. The second kappa shape index (κ2) is 8.53. The van der Waals surface area contributed by atoms with E-state index in [1.807, 2.05) is 42.2 Å². The molecule has 0 bridgehead atoms. The van der Waals surface area contributed by atoms with Gasteiger partial charge in [0, 0.05) is 19.1 Å². The molecular formula is C17H24N2O4. The molecule has 0 aromatic heterocycles. The molecule has 0 radical (unpaired) electrons. The summed E-state index contributed by atoms with van der Waals surface area (Å²) in [6, 6.07) is 9.60. The van der Waals surface area contributed by atoms with Crippen LogP contribution in [0.2, 0.25) is 0 Å². The minimum atomic E-state index is -0.844. The number of carboxylic acid groups (broad SMARTS) is 1. The van der Waals surface area contributed by atoms with Crippen LogP contribution in [0.1, 0.15) is 25.3 Å². The molecule has 1 aliphatic rings. The molecule has 1 saturated heterocycles. The van der Waals surface area contributed by atoms with E-state index in [4.69, 9.17) is 9.84 Å². The lowest BCUT2D eigenvalue weighted by molar-refractivity contribution is -0.138. The highest BCUT2D eigenvalue weighted by molar-refractivity contribution is 5.69. The molecule has 6 heteroatoms. The van der Waals surface area contributed by atoms with Crippen molar-refractivity contribution in [3.05, 3.63) is 35.9 Å². The Balaban J connectivity index is 1.87. The van der Waals surface area contributed by atoms with E-state index >= 15 is 0 Å². The highest BCUT2D eigenvalue weighted by atomic mass is 16.6. The molecule has 1 aliphatic heterocycles. The van der Waals surface area contributed by atoms with E-state index < -0.39 is 5.97 Å². The summed E-state index contributed by atoms with van der Waals surface area (Å²) >= 11 is 0. The third-order valence-corrected chi connectivity index (χ3v) is 4.09. The summed E-state index contributed by atoms with van der Waals surface area (Å²) in [5, 5.41) is 8.93. The number of nitrogens with zero attached hydrogens (tertiary/aromatic N) is 2. The fourth-order valence-electron chi connectivity index (χ4n) is 2.86. The molecular weight excluding hydrogens is 296 g/mol. The lowest BCUT2D eigenvalue weighted by Crippen LogP contribution is -2.44. The average Bonchev–Trinajstić information content (AvgIpc) is 3.00. The van der Waals surface area contributed by atoms with E-state index in [-0.39, 0.29) is 25.3 Å². The number of amides is 1. The number of likely N-dealkylation sites (N-methyl/N-ethyl adjacent to an activating group) is 1.